The summed E-state index contributed by atoms with van der Waals surface area (Å²) in [5, 5.41) is 16.2. The summed E-state index contributed by atoms with van der Waals surface area (Å²) >= 11 is 0. The minimum atomic E-state index is 0. The molecule has 7 heteroatoms. The van der Waals surface area contributed by atoms with Crippen LogP contribution in [0.25, 0.3) is 10.9 Å². The van der Waals surface area contributed by atoms with Gasteiger partial charge in [0.05, 0.1) is 24.4 Å². The maximum Gasteiger partial charge on any atom is 0.225 e. The van der Waals surface area contributed by atoms with E-state index in [1.165, 1.54) is 0 Å². The summed E-state index contributed by atoms with van der Waals surface area (Å²) in [7, 11) is 0. The lowest BCUT2D eigenvalue weighted by Crippen LogP contribution is -2.11. The highest BCUT2D eigenvalue weighted by molar-refractivity contribution is 5.90. The largest absolute Gasteiger partial charge is 0.395 e. The van der Waals surface area contributed by atoms with Crippen LogP contribution < -0.4 is 10.6 Å². The SMILES string of the molecule is Cl.OCCNc1nc(NCc2ccccn2)nc2ccccc12. The first-order valence-electron chi connectivity index (χ1n) is 7.12. The van der Waals surface area contributed by atoms with E-state index in [2.05, 4.69) is 25.6 Å². The summed E-state index contributed by atoms with van der Waals surface area (Å²) in [6, 6.07) is 13.5. The summed E-state index contributed by atoms with van der Waals surface area (Å²) < 4.78 is 0. The van der Waals surface area contributed by atoms with Gasteiger partial charge in [0.15, 0.2) is 0 Å². The van der Waals surface area contributed by atoms with E-state index in [1.807, 2.05) is 42.5 Å². The van der Waals surface area contributed by atoms with Gasteiger partial charge in [0.25, 0.3) is 0 Å². The van der Waals surface area contributed by atoms with Gasteiger partial charge >= 0.3 is 0 Å². The molecule has 6 nitrogen and oxygen atoms in total. The highest BCUT2D eigenvalue weighted by atomic mass is 35.5. The van der Waals surface area contributed by atoms with E-state index in [0.29, 0.717) is 24.9 Å². The van der Waals surface area contributed by atoms with Crippen LogP contribution in [0.2, 0.25) is 0 Å². The van der Waals surface area contributed by atoms with Gasteiger partial charge in [0, 0.05) is 18.1 Å². The van der Waals surface area contributed by atoms with Gasteiger partial charge in [0.2, 0.25) is 5.95 Å². The van der Waals surface area contributed by atoms with Crippen molar-refractivity contribution < 1.29 is 5.11 Å². The fourth-order valence-corrected chi connectivity index (χ4v) is 2.14. The van der Waals surface area contributed by atoms with Crippen LogP contribution in [0, 0.1) is 0 Å². The van der Waals surface area contributed by atoms with E-state index < -0.39 is 0 Å². The molecule has 2 heterocycles. The molecule has 0 aliphatic rings. The number of aliphatic hydroxyl groups excluding tert-OH is 1. The molecular formula is C16H18ClN5O. The summed E-state index contributed by atoms with van der Waals surface area (Å²) in [4.78, 5) is 13.2. The number of pyridine rings is 1. The third-order valence-electron chi connectivity index (χ3n) is 3.16. The highest BCUT2D eigenvalue weighted by Crippen LogP contribution is 2.21. The van der Waals surface area contributed by atoms with E-state index in [0.717, 1.165) is 16.6 Å². The minimum Gasteiger partial charge on any atom is -0.395 e. The number of rotatable bonds is 6. The molecule has 3 aromatic rings. The van der Waals surface area contributed by atoms with Crippen molar-refractivity contribution in [3.63, 3.8) is 0 Å². The second-order valence-electron chi connectivity index (χ2n) is 4.74. The van der Waals surface area contributed by atoms with Gasteiger partial charge in [-0.1, -0.05) is 18.2 Å². The number of aliphatic hydroxyl groups is 1. The molecule has 0 amide bonds. The van der Waals surface area contributed by atoms with Crippen molar-refractivity contribution in [3.05, 3.63) is 54.4 Å². The Morgan fingerprint density at radius 3 is 2.57 bits per heavy atom. The van der Waals surface area contributed by atoms with E-state index in [4.69, 9.17) is 5.11 Å². The van der Waals surface area contributed by atoms with E-state index in [9.17, 15) is 0 Å². The van der Waals surface area contributed by atoms with Crippen molar-refractivity contribution in [3.8, 4) is 0 Å². The number of hydrogen-bond acceptors (Lipinski definition) is 6. The number of anilines is 2. The second kappa shape index (κ2) is 8.26. The molecule has 0 aliphatic carbocycles. The smallest absolute Gasteiger partial charge is 0.225 e. The molecule has 0 spiro atoms. The molecule has 120 valence electrons. The van der Waals surface area contributed by atoms with Gasteiger partial charge in [-0.25, -0.2) is 4.98 Å². The van der Waals surface area contributed by atoms with Crippen LogP contribution in [0.3, 0.4) is 0 Å². The molecule has 0 atom stereocenters. The fraction of sp³-hybridized carbons (Fsp3) is 0.188. The first-order valence-corrected chi connectivity index (χ1v) is 7.12. The lowest BCUT2D eigenvalue weighted by Gasteiger charge is -2.11. The lowest BCUT2D eigenvalue weighted by molar-refractivity contribution is 0.311. The molecule has 0 radical (unpaired) electrons. The topological polar surface area (TPSA) is 83.0 Å². The minimum absolute atomic E-state index is 0. The normalized spacial score (nSPS) is 10.1. The molecule has 3 N–H and O–H groups in total. The number of nitrogens with zero attached hydrogens (tertiary/aromatic N) is 3. The monoisotopic (exact) mass is 331 g/mol. The number of benzene rings is 1. The van der Waals surface area contributed by atoms with Gasteiger partial charge in [-0.3, -0.25) is 4.98 Å². The predicted octanol–water partition coefficient (Wildman–Crippen LogP) is 2.46. The van der Waals surface area contributed by atoms with Gasteiger partial charge in [-0.15, -0.1) is 12.4 Å². The highest BCUT2D eigenvalue weighted by Gasteiger charge is 2.07. The standard InChI is InChI=1S/C16H17N5O.ClH/c22-10-9-18-15-13-6-1-2-7-14(13)20-16(21-15)19-11-12-5-3-4-8-17-12;/h1-8,22H,9-11H2,(H2,18,19,20,21);1H. The quantitative estimate of drug-likeness (QED) is 0.643. The molecular weight excluding hydrogens is 314 g/mol. The van der Waals surface area contributed by atoms with Crippen LogP contribution in [0.15, 0.2) is 48.7 Å². The first-order chi connectivity index (χ1) is 10.9. The molecule has 0 bridgehead atoms. The Hall–Kier alpha value is -2.44. The summed E-state index contributed by atoms with van der Waals surface area (Å²) in [6.45, 7) is 1.05. The number of halogens is 1. The maximum absolute atomic E-state index is 8.99. The predicted molar refractivity (Wildman–Crippen MR) is 93.9 cm³/mol. The molecule has 0 saturated heterocycles. The zero-order valence-corrected chi connectivity index (χ0v) is 13.3. The number of aromatic nitrogens is 3. The number of nitrogens with one attached hydrogen (secondary N) is 2. The molecule has 0 aliphatic heterocycles. The van der Waals surface area contributed by atoms with Gasteiger partial charge in [0.1, 0.15) is 5.82 Å². The van der Waals surface area contributed by atoms with Crippen LogP contribution in [-0.2, 0) is 6.54 Å². The van der Waals surface area contributed by atoms with Crippen molar-refractivity contribution >= 4 is 35.1 Å². The summed E-state index contributed by atoms with van der Waals surface area (Å²) in [6.07, 6.45) is 1.76. The van der Waals surface area contributed by atoms with E-state index in [1.54, 1.807) is 6.20 Å². The molecule has 0 fully saturated rings. The number of hydrogen-bond donors (Lipinski definition) is 3. The average Bonchev–Trinajstić information content (AvgIpc) is 2.58. The Balaban J connectivity index is 0.00000192. The van der Waals surface area contributed by atoms with Crippen molar-refractivity contribution in [1.29, 1.82) is 0 Å². The van der Waals surface area contributed by atoms with Crippen molar-refractivity contribution in [2.75, 3.05) is 23.8 Å². The van der Waals surface area contributed by atoms with E-state index in [-0.39, 0.29) is 19.0 Å². The van der Waals surface area contributed by atoms with Gasteiger partial charge < -0.3 is 15.7 Å². The van der Waals surface area contributed by atoms with Gasteiger partial charge in [-0.05, 0) is 24.3 Å². The zero-order chi connectivity index (χ0) is 15.2. The van der Waals surface area contributed by atoms with Crippen LogP contribution >= 0.6 is 12.4 Å². The second-order valence-corrected chi connectivity index (χ2v) is 4.74. The Labute approximate surface area is 140 Å². The third kappa shape index (κ3) is 4.28. The lowest BCUT2D eigenvalue weighted by atomic mass is 10.2. The van der Waals surface area contributed by atoms with Crippen LogP contribution in [-0.4, -0.2) is 33.2 Å². The number of fused-ring (bicyclic) bond motifs is 1. The molecule has 2 aromatic heterocycles. The zero-order valence-electron chi connectivity index (χ0n) is 12.4. The molecule has 23 heavy (non-hydrogen) atoms. The van der Waals surface area contributed by atoms with Crippen molar-refractivity contribution in [2.45, 2.75) is 6.54 Å². The van der Waals surface area contributed by atoms with Crippen molar-refractivity contribution in [1.82, 2.24) is 15.0 Å². The molecule has 0 saturated carbocycles. The average molecular weight is 332 g/mol. The fourth-order valence-electron chi connectivity index (χ4n) is 2.14. The first kappa shape index (κ1) is 16.9. The summed E-state index contributed by atoms with van der Waals surface area (Å²) in [5.74, 6) is 1.24. The number of para-hydroxylation sites is 1. The third-order valence-corrected chi connectivity index (χ3v) is 3.16. The molecule has 0 unspecified atom stereocenters. The molecule has 3 rings (SSSR count). The van der Waals surface area contributed by atoms with Crippen LogP contribution in [0.4, 0.5) is 11.8 Å². The summed E-state index contributed by atoms with van der Waals surface area (Å²) in [5.41, 5.74) is 1.77. The van der Waals surface area contributed by atoms with Crippen LogP contribution in [0.5, 0.6) is 0 Å². The maximum atomic E-state index is 8.99. The van der Waals surface area contributed by atoms with Gasteiger partial charge in [-0.2, -0.15) is 4.98 Å². The Bertz CT molecular complexity index is 754. The Morgan fingerprint density at radius 2 is 1.78 bits per heavy atom. The van der Waals surface area contributed by atoms with Crippen LogP contribution in [0.1, 0.15) is 5.69 Å². The Morgan fingerprint density at radius 1 is 0.957 bits per heavy atom. The molecule has 1 aromatic carbocycles. The van der Waals surface area contributed by atoms with Crippen molar-refractivity contribution in [2.24, 2.45) is 0 Å². The Kier molecular flexibility index (Phi) is 6.08. The van der Waals surface area contributed by atoms with E-state index >= 15 is 0 Å².